The number of amides is 1. The monoisotopic (exact) mass is 443 g/mol. The van der Waals surface area contributed by atoms with Gasteiger partial charge in [0, 0.05) is 50.1 Å². The van der Waals surface area contributed by atoms with Crippen molar-refractivity contribution < 1.29 is 18.0 Å². The van der Waals surface area contributed by atoms with Gasteiger partial charge in [-0.25, -0.2) is 0 Å². The van der Waals surface area contributed by atoms with Crippen LogP contribution in [0.15, 0.2) is 48.5 Å². The molecule has 2 fully saturated rings. The lowest BCUT2D eigenvalue weighted by molar-refractivity contribution is -0.137. The summed E-state index contributed by atoms with van der Waals surface area (Å²) in [6.45, 7) is 3.17. The summed E-state index contributed by atoms with van der Waals surface area (Å²) in [4.78, 5) is 19.9. The largest absolute Gasteiger partial charge is 0.416 e. The van der Waals surface area contributed by atoms with Gasteiger partial charge in [-0.05, 0) is 55.5 Å². The van der Waals surface area contributed by atoms with Crippen molar-refractivity contribution >= 4 is 17.3 Å². The van der Waals surface area contributed by atoms with Crippen molar-refractivity contribution in [2.75, 3.05) is 42.5 Å². The first-order chi connectivity index (χ1) is 15.4. The summed E-state index contributed by atoms with van der Waals surface area (Å²) in [7, 11) is 0. The number of hydrogen-bond acceptors (Lipinski definition) is 3. The van der Waals surface area contributed by atoms with Crippen molar-refractivity contribution in [1.29, 1.82) is 0 Å². The number of piperazine rings is 1. The Balaban J connectivity index is 1.29. The highest BCUT2D eigenvalue weighted by Gasteiger charge is 2.41. The fourth-order valence-electron chi connectivity index (χ4n) is 5.56. The molecule has 2 aromatic carbocycles. The molecular formula is C25H28F3N3O. The number of benzene rings is 2. The molecule has 4 nitrogen and oxygen atoms in total. The molecule has 170 valence electrons. The summed E-state index contributed by atoms with van der Waals surface area (Å²) >= 11 is 0. The molecule has 3 aliphatic heterocycles. The van der Waals surface area contributed by atoms with E-state index in [1.807, 2.05) is 15.9 Å². The van der Waals surface area contributed by atoms with E-state index in [1.54, 1.807) is 6.07 Å². The van der Waals surface area contributed by atoms with Gasteiger partial charge in [0.25, 0.3) is 0 Å². The molecular weight excluding hydrogens is 415 g/mol. The number of alkyl halides is 3. The van der Waals surface area contributed by atoms with Crippen LogP contribution in [0.5, 0.6) is 0 Å². The predicted molar refractivity (Wildman–Crippen MR) is 119 cm³/mol. The lowest BCUT2D eigenvalue weighted by Crippen LogP contribution is -2.57. The molecule has 2 atom stereocenters. The lowest BCUT2D eigenvalue weighted by Gasteiger charge is -2.47. The summed E-state index contributed by atoms with van der Waals surface area (Å²) in [6.07, 6.45) is -0.242. The van der Waals surface area contributed by atoms with Gasteiger partial charge >= 0.3 is 6.18 Å². The number of fused-ring (bicyclic) bond motifs is 3. The molecule has 0 spiro atoms. The van der Waals surface area contributed by atoms with Crippen LogP contribution in [0, 0.1) is 5.92 Å². The third kappa shape index (κ3) is 3.93. The predicted octanol–water partition coefficient (Wildman–Crippen LogP) is 4.59. The van der Waals surface area contributed by atoms with Gasteiger partial charge in [-0.3, -0.25) is 4.79 Å². The standard InChI is InChI=1S/C25H28F3N3O/c26-25(27,28)19-7-5-8-20(17-19)29-12-14-30(15-13-29)24(32)21-16-18-6-1-2-9-22(18)31-11-4-3-10-23(21)31/h1-2,5-9,17,21,23H,3-4,10-16H2/t21-,23+/m1/s1. The third-order valence-electron chi connectivity index (χ3n) is 7.20. The molecule has 0 N–H and O–H groups in total. The van der Waals surface area contributed by atoms with Crippen LogP contribution in [0.4, 0.5) is 24.5 Å². The minimum Gasteiger partial charge on any atom is -0.368 e. The Morgan fingerprint density at radius 3 is 2.47 bits per heavy atom. The Kier molecular flexibility index (Phi) is 5.51. The Hall–Kier alpha value is -2.70. The average molecular weight is 444 g/mol. The third-order valence-corrected chi connectivity index (χ3v) is 7.20. The van der Waals surface area contributed by atoms with Crippen LogP contribution in [0.1, 0.15) is 30.4 Å². The van der Waals surface area contributed by atoms with E-state index in [9.17, 15) is 18.0 Å². The van der Waals surface area contributed by atoms with E-state index in [4.69, 9.17) is 0 Å². The number of carbonyl (C=O) groups excluding carboxylic acids is 1. The Bertz CT molecular complexity index is 984. The van der Waals surface area contributed by atoms with Gasteiger partial charge in [-0.15, -0.1) is 0 Å². The van der Waals surface area contributed by atoms with E-state index in [0.29, 0.717) is 31.9 Å². The quantitative estimate of drug-likeness (QED) is 0.680. The number of anilines is 2. The minimum absolute atomic E-state index is 0.0506. The smallest absolute Gasteiger partial charge is 0.368 e. The van der Waals surface area contributed by atoms with Crippen LogP contribution in [0.2, 0.25) is 0 Å². The Labute approximate surface area is 186 Å². The molecule has 1 amide bonds. The topological polar surface area (TPSA) is 26.8 Å². The van der Waals surface area contributed by atoms with Crippen LogP contribution in [-0.4, -0.2) is 49.6 Å². The number of rotatable bonds is 2. The van der Waals surface area contributed by atoms with Gasteiger partial charge in [0.1, 0.15) is 0 Å². The average Bonchev–Trinajstić information content (AvgIpc) is 2.83. The summed E-state index contributed by atoms with van der Waals surface area (Å²) in [5.74, 6) is 0.144. The zero-order valence-electron chi connectivity index (χ0n) is 18.0. The second-order valence-corrected chi connectivity index (χ2v) is 9.06. The van der Waals surface area contributed by atoms with Crippen molar-refractivity contribution in [2.45, 2.75) is 37.9 Å². The van der Waals surface area contributed by atoms with Crippen molar-refractivity contribution in [1.82, 2.24) is 4.90 Å². The molecule has 0 saturated carbocycles. The van der Waals surface area contributed by atoms with Gasteiger partial charge in [0.2, 0.25) is 5.91 Å². The van der Waals surface area contributed by atoms with E-state index >= 15 is 0 Å². The van der Waals surface area contributed by atoms with Gasteiger partial charge < -0.3 is 14.7 Å². The highest BCUT2D eigenvalue weighted by molar-refractivity contribution is 5.82. The molecule has 0 unspecified atom stereocenters. The molecule has 0 bridgehead atoms. The molecule has 5 rings (SSSR count). The van der Waals surface area contributed by atoms with E-state index < -0.39 is 11.7 Å². The van der Waals surface area contributed by atoms with Crippen molar-refractivity contribution in [3.8, 4) is 0 Å². The fraction of sp³-hybridized carbons (Fsp3) is 0.480. The van der Waals surface area contributed by atoms with Crippen LogP contribution in [0.25, 0.3) is 0 Å². The summed E-state index contributed by atoms with van der Waals surface area (Å²) in [5.41, 5.74) is 2.45. The van der Waals surface area contributed by atoms with E-state index in [0.717, 1.165) is 38.3 Å². The second-order valence-electron chi connectivity index (χ2n) is 9.06. The van der Waals surface area contributed by atoms with E-state index in [-0.39, 0.29) is 17.9 Å². The summed E-state index contributed by atoms with van der Waals surface area (Å²) < 4.78 is 39.2. The zero-order chi connectivity index (χ0) is 22.3. The van der Waals surface area contributed by atoms with Crippen LogP contribution in [0.3, 0.4) is 0 Å². The Morgan fingerprint density at radius 1 is 0.906 bits per heavy atom. The maximum absolute atomic E-state index is 13.6. The maximum Gasteiger partial charge on any atom is 0.416 e. The number of piperidine rings is 1. The molecule has 32 heavy (non-hydrogen) atoms. The number of halogens is 3. The number of nitrogens with zero attached hydrogens (tertiary/aromatic N) is 3. The number of carbonyl (C=O) groups is 1. The normalized spacial score (nSPS) is 23.5. The molecule has 0 radical (unpaired) electrons. The van der Waals surface area contributed by atoms with Crippen LogP contribution < -0.4 is 9.80 Å². The van der Waals surface area contributed by atoms with Crippen LogP contribution >= 0.6 is 0 Å². The highest BCUT2D eigenvalue weighted by Crippen LogP contribution is 2.39. The maximum atomic E-state index is 13.6. The van der Waals surface area contributed by atoms with E-state index in [1.165, 1.54) is 23.4 Å². The van der Waals surface area contributed by atoms with Gasteiger partial charge in [0.05, 0.1) is 11.5 Å². The highest BCUT2D eigenvalue weighted by atomic mass is 19.4. The lowest BCUT2D eigenvalue weighted by atomic mass is 9.80. The second kappa shape index (κ2) is 8.34. The van der Waals surface area contributed by atoms with Gasteiger partial charge in [-0.2, -0.15) is 13.2 Å². The molecule has 0 aliphatic carbocycles. The van der Waals surface area contributed by atoms with E-state index in [2.05, 4.69) is 23.1 Å². The van der Waals surface area contributed by atoms with Crippen LogP contribution in [-0.2, 0) is 17.4 Å². The molecule has 3 aliphatic rings. The van der Waals surface area contributed by atoms with Crippen molar-refractivity contribution in [3.63, 3.8) is 0 Å². The van der Waals surface area contributed by atoms with Gasteiger partial charge in [-0.1, -0.05) is 24.3 Å². The SMILES string of the molecule is O=C([C@@H]1Cc2ccccc2N2CCCC[C@@H]12)N1CCN(c2cccc(C(F)(F)F)c2)CC1. The molecule has 2 aromatic rings. The Morgan fingerprint density at radius 2 is 1.69 bits per heavy atom. The zero-order valence-corrected chi connectivity index (χ0v) is 18.0. The first-order valence-electron chi connectivity index (χ1n) is 11.5. The number of para-hydroxylation sites is 1. The first-order valence-corrected chi connectivity index (χ1v) is 11.5. The molecule has 7 heteroatoms. The summed E-state index contributed by atoms with van der Waals surface area (Å²) in [6, 6.07) is 14.1. The number of hydrogen-bond donors (Lipinski definition) is 0. The molecule has 3 heterocycles. The first kappa shape index (κ1) is 21.2. The fourth-order valence-corrected chi connectivity index (χ4v) is 5.56. The molecule has 2 saturated heterocycles. The molecule has 0 aromatic heterocycles. The van der Waals surface area contributed by atoms with Gasteiger partial charge in [0.15, 0.2) is 0 Å². The summed E-state index contributed by atoms with van der Waals surface area (Å²) in [5, 5.41) is 0. The minimum atomic E-state index is -4.35. The van der Waals surface area contributed by atoms with Crippen molar-refractivity contribution in [3.05, 3.63) is 59.7 Å². The van der Waals surface area contributed by atoms with Crippen molar-refractivity contribution in [2.24, 2.45) is 5.92 Å².